The van der Waals surface area contributed by atoms with Crippen molar-refractivity contribution in [3.8, 4) is 0 Å². The van der Waals surface area contributed by atoms with Crippen LogP contribution in [0.1, 0.15) is 31.9 Å². The minimum Gasteiger partial charge on any atom is -0.372 e. The van der Waals surface area contributed by atoms with E-state index in [-0.39, 0.29) is 24.4 Å². The minimum absolute atomic E-state index is 0.0688. The van der Waals surface area contributed by atoms with E-state index in [0.717, 1.165) is 12.0 Å². The second-order valence-corrected chi connectivity index (χ2v) is 3.89. The lowest BCUT2D eigenvalue weighted by Crippen LogP contribution is -2.30. The van der Waals surface area contributed by atoms with Crippen molar-refractivity contribution in [3.05, 3.63) is 35.6 Å². The Bertz CT molecular complexity index is 351. The molecule has 0 aliphatic carbocycles. The Labute approximate surface area is 101 Å². The summed E-state index contributed by atoms with van der Waals surface area (Å²) >= 11 is 0. The smallest absolute Gasteiger partial charge is 0.246 e. The van der Waals surface area contributed by atoms with Gasteiger partial charge in [-0.2, -0.15) is 0 Å². The largest absolute Gasteiger partial charge is 0.372 e. The molecule has 0 spiro atoms. The molecule has 0 saturated carbocycles. The number of halogens is 1. The van der Waals surface area contributed by atoms with E-state index in [1.165, 1.54) is 12.1 Å². The molecule has 0 aromatic heterocycles. The van der Waals surface area contributed by atoms with E-state index in [2.05, 4.69) is 5.32 Å². The van der Waals surface area contributed by atoms with Gasteiger partial charge in [0, 0.05) is 6.61 Å². The number of carbonyl (C=O) groups is 1. The van der Waals surface area contributed by atoms with Crippen LogP contribution < -0.4 is 5.32 Å². The first kappa shape index (κ1) is 13.6. The molecule has 0 bridgehead atoms. The summed E-state index contributed by atoms with van der Waals surface area (Å²) in [6.45, 7) is 4.49. The number of carbonyl (C=O) groups excluding carboxylic acids is 1. The number of benzene rings is 1. The van der Waals surface area contributed by atoms with Crippen molar-refractivity contribution < 1.29 is 13.9 Å². The summed E-state index contributed by atoms with van der Waals surface area (Å²) < 4.78 is 17.8. The maximum Gasteiger partial charge on any atom is 0.246 e. The fourth-order valence-corrected chi connectivity index (χ4v) is 1.43. The Hall–Kier alpha value is -1.42. The highest BCUT2D eigenvalue weighted by atomic mass is 19.1. The Morgan fingerprint density at radius 2 is 2.06 bits per heavy atom. The van der Waals surface area contributed by atoms with Crippen molar-refractivity contribution in [2.45, 2.75) is 26.3 Å². The quantitative estimate of drug-likeness (QED) is 0.774. The van der Waals surface area contributed by atoms with E-state index in [9.17, 15) is 9.18 Å². The highest BCUT2D eigenvalue weighted by Gasteiger charge is 2.09. The zero-order chi connectivity index (χ0) is 12.7. The molecule has 1 aromatic carbocycles. The molecule has 0 aliphatic heterocycles. The van der Waals surface area contributed by atoms with Crippen molar-refractivity contribution in [3.63, 3.8) is 0 Å². The zero-order valence-electron chi connectivity index (χ0n) is 10.2. The standard InChI is InChI=1S/C13H18FNO2/c1-3-8-17-9-13(16)15-10(2)11-4-6-12(14)7-5-11/h4-7,10H,3,8-9H2,1-2H3,(H,15,16)/t10-/m0/s1. The molecular formula is C13H18FNO2. The van der Waals surface area contributed by atoms with Gasteiger partial charge in [-0.05, 0) is 31.0 Å². The molecule has 1 atom stereocenters. The van der Waals surface area contributed by atoms with Crippen LogP contribution >= 0.6 is 0 Å². The third-order valence-electron chi connectivity index (χ3n) is 2.33. The van der Waals surface area contributed by atoms with Crippen molar-refractivity contribution >= 4 is 5.91 Å². The van der Waals surface area contributed by atoms with Gasteiger partial charge in [0.25, 0.3) is 0 Å². The van der Waals surface area contributed by atoms with E-state index in [1.807, 2.05) is 13.8 Å². The van der Waals surface area contributed by atoms with Gasteiger partial charge in [-0.25, -0.2) is 4.39 Å². The Balaban J connectivity index is 2.40. The van der Waals surface area contributed by atoms with Crippen LogP contribution in [0.25, 0.3) is 0 Å². The van der Waals surface area contributed by atoms with Gasteiger partial charge in [0.05, 0.1) is 6.04 Å². The molecule has 0 saturated heterocycles. The second kappa shape index (κ2) is 7.01. The SMILES string of the molecule is CCCOCC(=O)N[C@@H](C)c1ccc(F)cc1. The van der Waals surface area contributed by atoms with E-state index in [0.29, 0.717) is 6.61 Å². The predicted octanol–water partition coefficient (Wildman–Crippen LogP) is 2.43. The van der Waals surface area contributed by atoms with E-state index in [4.69, 9.17) is 4.74 Å². The van der Waals surface area contributed by atoms with Crippen LogP contribution in [-0.2, 0) is 9.53 Å². The first-order valence-electron chi connectivity index (χ1n) is 5.76. The van der Waals surface area contributed by atoms with Gasteiger partial charge >= 0.3 is 0 Å². The maximum atomic E-state index is 12.7. The van der Waals surface area contributed by atoms with Gasteiger partial charge in [0.1, 0.15) is 12.4 Å². The Morgan fingerprint density at radius 1 is 1.41 bits per heavy atom. The molecule has 0 aliphatic rings. The fourth-order valence-electron chi connectivity index (χ4n) is 1.43. The molecule has 3 nitrogen and oxygen atoms in total. The van der Waals surface area contributed by atoms with Crippen LogP contribution in [0.2, 0.25) is 0 Å². The molecule has 1 aromatic rings. The predicted molar refractivity (Wildman–Crippen MR) is 64.1 cm³/mol. The average Bonchev–Trinajstić information content (AvgIpc) is 2.30. The van der Waals surface area contributed by atoms with Gasteiger partial charge < -0.3 is 10.1 Å². The summed E-state index contributed by atoms with van der Waals surface area (Å²) in [6.07, 6.45) is 0.890. The van der Waals surface area contributed by atoms with Gasteiger partial charge in [0.15, 0.2) is 0 Å². The van der Waals surface area contributed by atoms with Crippen molar-refractivity contribution in [1.29, 1.82) is 0 Å². The van der Waals surface area contributed by atoms with E-state index >= 15 is 0 Å². The molecular weight excluding hydrogens is 221 g/mol. The summed E-state index contributed by atoms with van der Waals surface area (Å²) in [6, 6.07) is 5.94. The minimum atomic E-state index is -0.279. The van der Waals surface area contributed by atoms with Gasteiger partial charge in [-0.3, -0.25) is 4.79 Å². The molecule has 1 amide bonds. The van der Waals surface area contributed by atoms with Crippen LogP contribution in [0, 0.1) is 5.82 Å². The molecule has 0 fully saturated rings. The van der Waals surface area contributed by atoms with Crippen LogP contribution in [0.3, 0.4) is 0 Å². The number of ether oxygens (including phenoxy) is 1. The van der Waals surface area contributed by atoms with Crippen LogP contribution in [0.4, 0.5) is 4.39 Å². The van der Waals surface area contributed by atoms with Crippen LogP contribution in [0.5, 0.6) is 0 Å². The molecule has 1 N–H and O–H groups in total. The summed E-state index contributed by atoms with van der Waals surface area (Å²) in [7, 11) is 0. The molecule has 0 heterocycles. The number of amides is 1. The molecule has 0 radical (unpaired) electrons. The highest BCUT2D eigenvalue weighted by molar-refractivity contribution is 5.77. The molecule has 1 rings (SSSR count). The van der Waals surface area contributed by atoms with Crippen molar-refractivity contribution in [2.75, 3.05) is 13.2 Å². The number of hydrogen-bond donors (Lipinski definition) is 1. The van der Waals surface area contributed by atoms with Crippen molar-refractivity contribution in [2.24, 2.45) is 0 Å². The van der Waals surface area contributed by atoms with E-state index < -0.39 is 0 Å². The van der Waals surface area contributed by atoms with Gasteiger partial charge in [-0.1, -0.05) is 19.1 Å². The second-order valence-electron chi connectivity index (χ2n) is 3.89. The number of nitrogens with one attached hydrogen (secondary N) is 1. The lowest BCUT2D eigenvalue weighted by molar-refractivity contribution is -0.126. The number of hydrogen-bond acceptors (Lipinski definition) is 2. The van der Waals surface area contributed by atoms with Gasteiger partial charge in [-0.15, -0.1) is 0 Å². The summed E-state index contributed by atoms with van der Waals surface area (Å²) in [5.74, 6) is -0.436. The molecule has 94 valence electrons. The lowest BCUT2D eigenvalue weighted by Gasteiger charge is -2.14. The molecule has 0 unspecified atom stereocenters. The average molecular weight is 239 g/mol. The van der Waals surface area contributed by atoms with Crippen molar-refractivity contribution in [1.82, 2.24) is 5.32 Å². The third-order valence-corrected chi connectivity index (χ3v) is 2.33. The monoisotopic (exact) mass is 239 g/mol. The molecule has 17 heavy (non-hydrogen) atoms. The van der Waals surface area contributed by atoms with Crippen LogP contribution in [0.15, 0.2) is 24.3 Å². The lowest BCUT2D eigenvalue weighted by atomic mass is 10.1. The first-order chi connectivity index (χ1) is 8.13. The first-order valence-corrected chi connectivity index (χ1v) is 5.76. The normalized spacial score (nSPS) is 12.2. The summed E-state index contributed by atoms with van der Waals surface area (Å²) in [5.41, 5.74) is 0.871. The topological polar surface area (TPSA) is 38.3 Å². The molecule has 4 heteroatoms. The summed E-state index contributed by atoms with van der Waals surface area (Å²) in [4.78, 5) is 11.5. The fraction of sp³-hybridized carbons (Fsp3) is 0.462. The van der Waals surface area contributed by atoms with E-state index in [1.54, 1.807) is 12.1 Å². The number of rotatable bonds is 6. The van der Waals surface area contributed by atoms with Crippen LogP contribution in [-0.4, -0.2) is 19.1 Å². The highest BCUT2D eigenvalue weighted by Crippen LogP contribution is 2.12. The maximum absolute atomic E-state index is 12.7. The van der Waals surface area contributed by atoms with Gasteiger partial charge in [0.2, 0.25) is 5.91 Å². The summed E-state index contributed by atoms with van der Waals surface area (Å²) in [5, 5.41) is 2.79. The zero-order valence-corrected chi connectivity index (χ0v) is 10.2. The third kappa shape index (κ3) is 4.95. The Kier molecular flexibility index (Phi) is 5.63. The Morgan fingerprint density at radius 3 is 2.65 bits per heavy atom.